The Labute approximate surface area is 125 Å². The monoisotopic (exact) mass is 292 g/mol. The molecular weight excluding hydrogens is 268 g/mol. The molecule has 21 heavy (non-hydrogen) atoms. The van der Waals surface area contributed by atoms with Gasteiger partial charge in [0.25, 0.3) is 0 Å². The molecule has 0 N–H and O–H groups in total. The average Bonchev–Trinajstić information content (AvgIpc) is 2.67. The molecular formula is C17H24O4. The maximum atomic E-state index is 12.8. The number of carbonyl (C=O) groups excluding carboxylic acids is 2. The van der Waals surface area contributed by atoms with Crippen molar-refractivity contribution in [3.63, 3.8) is 0 Å². The van der Waals surface area contributed by atoms with Crippen LogP contribution in [-0.2, 0) is 19.1 Å². The molecule has 0 unspecified atom stereocenters. The number of allylic oxidation sites excluding steroid dienone is 2. The van der Waals surface area contributed by atoms with Gasteiger partial charge < -0.3 is 9.47 Å². The largest absolute Gasteiger partial charge is 0.348 e. The van der Waals surface area contributed by atoms with Crippen molar-refractivity contribution in [1.82, 2.24) is 0 Å². The van der Waals surface area contributed by atoms with Crippen molar-refractivity contribution in [2.45, 2.75) is 70.7 Å². The van der Waals surface area contributed by atoms with Gasteiger partial charge in [-0.1, -0.05) is 5.57 Å². The molecule has 2 atom stereocenters. The molecule has 3 rings (SSSR count). The predicted molar refractivity (Wildman–Crippen MR) is 77.8 cm³/mol. The normalized spacial score (nSPS) is 36.1. The summed E-state index contributed by atoms with van der Waals surface area (Å²) in [7, 11) is 0. The van der Waals surface area contributed by atoms with E-state index in [-0.39, 0.29) is 11.9 Å². The third kappa shape index (κ3) is 2.84. The number of Topliss-reactive ketones (excluding diaryl/α,β-unsaturated/α-hetero) is 1. The fourth-order valence-electron chi connectivity index (χ4n) is 3.97. The van der Waals surface area contributed by atoms with Crippen LogP contribution in [0.4, 0.5) is 0 Å². The Morgan fingerprint density at radius 1 is 1.19 bits per heavy atom. The van der Waals surface area contributed by atoms with E-state index in [4.69, 9.17) is 9.47 Å². The number of fused-ring (bicyclic) bond motifs is 1. The molecule has 3 aliphatic rings. The summed E-state index contributed by atoms with van der Waals surface area (Å²) in [6.07, 6.45) is 6.90. The van der Waals surface area contributed by atoms with Crippen molar-refractivity contribution < 1.29 is 19.1 Å². The Hall–Kier alpha value is -1.00. The molecule has 2 fully saturated rings. The van der Waals surface area contributed by atoms with Gasteiger partial charge in [0.1, 0.15) is 5.78 Å². The molecule has 0 aromatic heterocycles. The first-order chi connectivity index (χ1) is 9.91. The number of rotatable bonds is 2. The molecule has 1 saturated heterocycles. The van der Waals surface area contributed by atoms with Gasteiger partial charge in [-0.25, -0.2) is 0 Å². The van der Waals surface area contributed by atoms with E-state index < -0.39 is 11.2 Å². The Morgan fingerprint density at radius 3 is 2.67 bits per heavy atom. The van der Waals surface area contributed by atoms with E-state index in [1.165, 1.54) is 0 Å². The number of hydrogen-bond acceptors (Lipinski definition) is 4. The summed E-state index contributed by atoms with van der Waals surface area (Å²) in [6, 6.07) is 0. The molecule has 2 aliphatic carbocycles. The maximum absolute atomic E-state index is 12.8. The lowest BCUT2D eigenvalue weighted by molar-refractivity contribution is -0.146. The van der Waals surface area contributed by atoms with E-state index in [1.807, 2.05) is 13.8 Å². The van der Waals surface area contributed by atoms with Crippen molar-refractivity contribution >= 4 is 11.6 Å². The van der Waals surface area contributed by atoms with Crippen LogP contribution >= 0.6 is 0 Å². The van der Waals surface area contributed by atoms with E-state index in [9.17, 15) is 9.59 Å². The molecule has 4 heteroatoms. The predicted octanol–water partition coefficient (Wildman–Crippen LogP) is 2.95. The molecule has 0 aromatic rings. The first-order valence-corrected chi connectivity index (χ1v) is 8.00. The van der Waals surface area contributed by atoms with Crippen LogP contribution in [-0.4, -0.2) is 30.1 Å². The first-order valence-electron chi connectivity index (χ1n) is 8.00. The molecule has 1 heterocycles. The highest BCUT2D eigenvalue weighted by atomic mass is 16.7. The summed E-state index contributed by atoms with van der Waals surface area (Å²) in [6.45, 7) is 4.34. The fourth-order valence-corrected chi connectivity index (χ4v) is 3.97. The zero-order valence-electron chi connectivity index (χ0n) is 12.9. The molecule has 0 bridgehead atoms. The minimum atomic E-state index is -0.566. The summed E-state index contributed by atoms with van der Waals surface area (Å²) < 4.78 is 11.6. The lowest BCUT2D eigenvalue weighted by Gasteiger charge is -2.37. The van der Waals surface area contributed by atoms with Crippen LogP contribution < -0.4 is 0 Å². The topological polar surface area (TPSA) is 52.6 Å². The van der Waals surface area contributed by atoms with Crippen LogP contribution in [0, 0.1) is 5.41 Å². The van der Waals surface area contributed by atoms with Crippen LogP contribution in [0.5, 0.6) is 0 Å². The minimum absolute atomic E-state index is 0.0568. The van der Waals surface area contributed by atoms with Crippen molar-refractivity contribution in [2.75, 3.05) is 6.61 Å². The molecule has 0 aromatic carbocycles. The molecule has 4 nitrogen and oxygen atoms in total. The maximum Gasteiger partial charge on any atom is 0.163 e. The molecule has 1 saturated carbocycles. The van der Waals surface area contributed by atoms with Crippen LogP contribution in [0.2, 0.25) is 0 Å². The van der Waals surface area contributed by atoms with E-state index in [1.54, 1.807) is 6.08 Å². The lowest BCUT2D eigenvalue weighted by atomic mass is 9.65. The fraction of sp³-hybridized carbons (Fsp3) is 0.765. The Morgan fingerprint density at radius 2 is 1.95 bits per heavy atom. The van der Waals surface area contributed by atoms with Crippen LogP contribution in [0.1, 0.15) is 58.8 Å². The zero-order valence-corrected chi connectivity index (χ0v) is 12.9. The highest BCUT2D eigenvalue weighted by molar-refractivity contribution is 5.97. The molecule has 0 spiro atoms. The van der Waals surface area contributed by atoms with Gasteiger partial charge in [0, 0.05) is 12.8 Å². The third-order valence-electron chi connectivity index (χ3n) is 5.03. The number of ketones is 2. The van der Waals surface area contributed by atoms with Crippen molar-refractivity contribution in [2.24, 2.45) is 5.41 Å². The van der Waals surface area contributed by atoms with Gasteiger partial charge in [0.05, 0.1) is 18.1 Å². The van der Waals surface area contributed by atoms with E-state index in [0.717, 1.165) is 24.8 Å². The first kappa shape index (κ1) is 14.9. The van der Waals surface area contributed by atoms with Crippen LogP contribution in [0.3, 0.4) is 0 Å². The van der Waals surface area contributed by atoms with E-state index in [0.29, 0.717) is 38.1 Å². The van der Waals surface area contributed by atoms with Crippen molar-refractivity contribution in [3.8, 4) is 0 Å². The Bertz CT molecular complexity index is 491. The smallest absolute Gasteiger partial charge is 0.163 e. The average molecular weight is 292 g/mol. The highest BCUT2D eigenvalue weighted by Gasteiger charge is 2.48. The quantitative estimate of drug-likeness (QED) is 0.785. The Kier molecular flexibility index (Phi) is 3.78. The summed E-state index contributed by atoms with van der Waals surface area (Å²) in [5, 5.41) is 0. The van der Waals surface area contributed by atoms with Gasteiger partial charge in [0.2, 0.25) is 0 Å². The van der Waals surface area contributed by atoms with Gasteiger partial charge in [-0.15, -0.1) is 0 Å². The SMILES string of the molecule is CC1(C)OC[C@H](C[C@@]23CCC(=O)C=C2CCCCC3=O)O1. The van der Waals surface area contributed by atoms with Gasteiger partial charge in [0.15, 0.2) is 11.6 Å². The third-order valence-corrected chi connectivity index (χ3v) is 5.03. The van der Waals surface area contributed by atoms with E-state index in [2.05, 4.69) is 0 Å². The molecule has 1 aliphatic heterocycles. The standard InChI is InChI=1S/C17H24O4/c1-16(2)20-11-14(21-16)10-17-8-7-13(18)9-12(17)5-3-4-6-15(17)19/h9,14H,3-8,10-11H2,1-2H3/t14-,17-/m0/s1. The molecule has 0 amide bonds. The highest BCUT2D eigenvalue weighted by Crippen LogP contribution is 2.48. The second-order valence-electron chi connectivity index (χ2n) is 7.00. The molecule has 0 radical (unpaired) electrons. The summed E-state index contributed by atoms with van der Waals surface area (Å²) >= 11 is 0. The van der Waals surface area contributed by atoms with Gasteiger partial charge >= 0.3 is 0 Å². The van der Waals surface area contributed by atoms with Crippen molar-refractivity contribution in [1.29, 1.82) is 0 Å². The lowest BCUT2D eigenvalue weighted by Crippen LogP contribution is -2.39. The minimum Gasteiger partial charge on any atom is -0.348 e. The second kappa shape index (κ2) is 5.33. The Balaban J connectivity index is 1.88. The van der Waals surface area contributed by atoms with Crippen molar-refractivity contribution in [3.05, 3.63) is 11.6 Å². The second-order valence-corrected chi connectivity index (χ2v) is 7.00. The number of ether oxygens (including phenoxy) is 2. The van der Waals surface area contributed by atoms with Gasteiger partial charge in [-0.05, 0) is 52.0 Å². The van der Waals surface area contributed by atoms with E-state index >= 15 is 0 Å². The van der Waals surface area contributed by atoms with Crippen LogP contribution in [0.25, 0.3) is 0 Å². The van der Waals surface area contributed by atoms with Gasteiger partial charge in [-0.2, -0.15) is 0 Å². The summed E-state index contributed by atoms with van der Waals surface area (Å²) in [4.78, 5) is 24.6. The number of carbonyl (C=O) groups is 2. The summed E-state index contributed by atoms with van der Waals surface area (Å²) in [5.41, 5.74) is 0.577. The van der Waals surface area contributed by atoms with Gasteiger partial charge in [-0.3, -0.25) is 9.59 Å². The zero-order chi connectivity index (χ0) is 15.1. The van der Waals surface area contributed by atoms with Crippen LogP contribution in [0.15, 0.2) is 11.6 Å². The summed E-state index contributed by atoms with van der Waals surface area (Å²) in [5.74, 6) is -0.102. The number of hydrogen-bond donors (Lipinski definition) is 0. The molecule has 116 valence electrons.